The van der Waals surface area contributed by atoms with Gasteiger partial charge in [0.05, 0.1) is 24.6 Å². The minimum Gasteiger partial charge on any atom is -0.481 e. The third-order valence-electron chi connectivity index (χ3n) is 4.02. The number of rotatable bonds is 3. The average Bonchev–Trinajstić information content (AvgIpc) is 2.83. The van der Waals surface area contributed by atoms with E-state index >= 15 is 0 Å². The lowest BCUT2D eigenvalue weighted by atomic mass is 10.1. The van der Waals surface area contributed by atoms with Crippen molar-refractivity contribution in [2.45, 2.75) is 38.0 Å². The maximum absolute atomic E-state index is 12.6. The van der Waals surface area contributed by atoms with Crippen molar-refractivity contribution in [3.05, 3.63) is 0 Å². The Bertz CT molecular complexity index is 379. The molecule has 0 aromatic heterocycles. The van der Waals surface area contributed by atoms with Gasteiger partial charge in [-0.3, -0.25) is 4.79 Å². The molecule has 6 nitrogen and oxygen atoms in total. The number of aliphatic carboxylic acids is 1. The van der Waals surface area contributed by atoms with E-state index in [1.54, 1.807) is 28.6 Å². The van der Waals surface area contributed by atoms with E-state index in [4.69, 9.17) is 9.84 Å². The summed E-state index contributed by atoms with van der Waals surface area (Å²) >= 11 is 1.71. The van der Waals surface area contributed by atoms with Crippen LogP contribution >= 0.6 is 11.8 Å². The van der Waals surface area contributed by atoms with E-state index in [-0.39, 0.29) is 30.6 Å². The molecule has 2 heterocycles. The van der Waals surface area contributed by atoms with Crippen molar-refractivity contribution in [2.24, 2.45) is 0 Å². The molecule has 0 bridgehead atoms. The van der Waals surface area contributed by atoms with Crippen LogP contribution in [0.1, 0.15) is 19.8 Å². The number of hydrogen-bond acceptors (Lipinski definition) is 4. The highest BCUT2D eigenvalue weighted by molar-refractivity contribution is 7.99. The molecule has 0 aromatic carbocycles. The first-order chi connectivity index (χ1) is 9.50. The van der Waals surface area contributed by atoms with Gasteiger partial charge in [-0.2, -0.15) is 11.8 Å². The van der Waals surface area contributed by atoms with Crippen molar-refractivity contribution in [1.82, 2.24) is 9.80 Å². The highest BCUT2D eigenvalue weighted by atomic mass is 32.2. The number of carbonyl (C=O) groups is 2. The van der Waals surface area contributed by atoms with Gasteiger partial charge in [0.2, 0.25) is 0 Å². The highest BCUT2D eigenvalue weighted by Crippen LogP contribution is 2.24. The quantitative estimate of drug-likeness (QED) is 0.845. The van der Waals surface area contributed by atoms with Crippen molar-refractivity contribution in [3.8, 4) is 0 Å². The van der Waals surface area contributed by atoms with Crippen LogP contribution in [-0.2, 0) is 9.53 Å². The molecule has 3 atom stereocenters. The predicted molar refractivity (Wildman–Crippen MR) is 77.0 cm³/mol. The van der Waals surface area contributed by atoms with Crippen LogP contribution in [0, 0.1) is 0 Å². The number of hydrogen-bond donors (Lipinski definition) is 1. The number of ether oxygens (including phenoxy) is 1. The van der Waals surface area contributed by atoms with Crippen molar-refractivity contribution < 1.29 is 19.4 Å². The SMILES string of the molecule is CC1OCCC1N(C)C(=O)N1CCSCC1CC(=O)O. The number of carbonyl (C=O) groups excluding carboxylic acids is 1. The summed E-state index contributed by atoms with van der Waals surface area (Å²) in [6.07, 6.45) is 0.903. The van der Waals surface area contributed by atoms with E-state index < -0.39 is 5.97 Å². The first-order valence-electron chi connectivity index (χ1n) is 6.95. The van der Waals surface area contributed by atoms with Crippen molar-refractivity contribution in [2.75, 3.05) is 31.7 Å². The molecule has 114 valence electrons. The van der Waals surface area contributed by atoms with Crippen LogP contribution < -0.4 is 0 Å². The van der Waals surface area contributed by atoms with Crippen molar-refractivity contribution in [3.63, 3.8) is 0 Å². The molecule has 2 saturated heterocycles. The van der Waals surface area contributed by atoms with Crippen molar-refractivity contribution in [1.29, 1.82) is 0 Å². The maximum Gasteiger partial charge on any atom is 0.320 e. The van der Waals surface area contributed by atoms with Gasteiger partial charge >= 0.3 is 12.0 Å². The van der Waals surface area contributed by atoms with E-state index in [2.05, 4.69) is 0 Å². The molecule has 2 amide bonds. The van der Waals surface area contributed by atoms with Gasteiger partial charge in [-0.15, -0.1) is 0 Å². The lowest BCUT2D eigenvalue weighted by Crippen LogP contribution is -2.54. The normalized spacial score (nSPS) is 30.3. The fourth-order valence-corrected chi connectivity index (χ4v) is 3.91. The molecule has 0 spiro atoms. The zero-order valence-electron chi connectivity index (χ0n) is 11.9. The van der Waals surface area contributed by atoms with Gasteiger partial charge in [0.15, 0.2) is 0 Å². The number of thioether (sulfide) groups is 1. The summed E-state index contributed by atoms with van der Waals surface area (Å²) in [5.74, 6) is 0.713. The van der Waals surface area contributed by atoms with Crippen LogP contribution in [0.25, 0.3) is 0 Å². The van der Waals surface area contributed by atoms with Crippen molar-refractivity contribution >= 4 is 23.8 Å². The number of carboxylic acid groups (broad SMARTS) is 1. The van der Waals surface area contributed by atoms with E-state index in [1.807, 2.05) is 6.92 Å². The molecule has 2 fully saturated rings. The van der Waals surface area contributed by atoms with E-state index in [0.717, 1.165) is 12.2 Å². The molecule has 2 rings (SSSR count). The third-order valence-corrected chi connectivity index (χ3v) is 5.11. The van der Waals surface area contributed by atoms with Crippen LogP contribution in [0.4, 0.5) is 4.79 Å². The Labute approximate surface area is 123 Å². The Morgan fingerprint density at radius 3 is 2.85 bits per heavy atom. The summed E-state index contributed by atoms with van der Waals surface area (Å²) in [5.41, 5.74) is 0. The van der Waals surface area contributed by atoms with Crippen LogP contribution in [0.15, 0.2) is 0 Å². The fraction of sp³-hybridized carbons (Fsp3) is 0.846. The van der Waals surface area contributed by atoms with Gasteiger partial charge < -0.3 is 19.6 Å². The van der Waals surface area contributed by atoms with Crippen LogP contribution in [0.5, 0.6) is 0 Å². The summed E-state index contributed by atoms with van der Waals surface area (Å²) in [5, 5.41) is 8.98. The number of carboxylic acids is 1. The second-order valence-corrected chi connectivity index (χ2v) is 6.50. The molecule has 0 saturated carbocycles. The number of amides is 2. The van der Waals surface area contributed by atoms with Gasteiger partial charge in [0.25, 0.3) is 0 Å². The van der Waals surface area contributed by atoms with Gasteiger partial charge in [-0.25, -0.2) is 4.79 Å². The standard InChI is InChI=1S/C13H22N2O4S/c1-9-11(3-5-19-9)14(2)13(18)15-4-6-20-8-10(15)7-12(16)17/h9-11H,3-8H2,1-2H3,(H,16,17). The molecule has 2 aliphatic rings. The zero-order chi connectivity index (χ0) is 14.7. The Morgan fingerprint density at radius 1 is 1.50 bits per heavy atom. The summed E-state index contributed by atoms with van der Waals surface area (Å²) in [4.78, 5) is 27.0. The lowest BCUT2D eigenvalue weighted by Gasteiger charge is -2.39. The minimum absolute atomic E-state index is 0.0172. The largest absolute Gasteiger partial charge is 0.481 e. The Morgan fingerprint density at radius 2 is 2.25 bits per heavy atom. The molecular formula is C13H22N2O4S. The smallest absolute Gasteiger partial charge is 0.320 e. The van der Waals surface area contributed by atoms with Crippen LogP contribution in [0.2, 0.25) is 0 Å². The van der Waals surface area contributed by atoms with Crippen LogP contribution in [-0.4, -0.2) is 76.8 Å². The molecule has 1 N–H and O–H groups in total. The lowest BCUT2D eigenvalue weighted by molar-refractivity contribution is -0.138. The molecule has 0 radical (unpaired) electrons. The zero-order valence-corrected chi connectivity index (χ0v) is 12.8. The first-order valence-corrected chi connectivity index (χ1v) is 8.10. The first kappa shape index (κ1) is 15.4. The third kappa shape index (κ3) is 3.38. The topological polar surface area (TPSA) is 70.1 Å². The average molecular weight is 302 g/mol. The van der Waals surface area contributed by atoms with E-state index in [0.29, 0.717) is 18.9 Å². The highest BCUT2D eigenvalue weighted by Gasteiger charge is 2.36. The predicted octanol–water partition coefficient (Wildman–Crippen LogP) is 1.11. The maximum atomic E-state index is 12.6. The second kappa shape index (κ2) is 6.67. The number of likely N-dealkylation sites (N-methyl/N-ethyl adjacent to an activating group) is 1. The van der Waals surface area contributed by atoms with E-state index in [9.17, 15) is 9.59 Å². The summed E-state index contributed by atoms with van der Waals surface area (Å²) in [6.45, 7) is 3.27. The van der Waals surface area contributed by atoms with Gasteiger partial charge in [-0.05, 0) is 13.3 Å². The molecule has 0 aromatic rings. The summed E-state index contributed by atoms with van der Waals surface area (Å²) in [7, 11) is 1.79. The summed E-state index contributed by atoms with van der Waals surface area (Å²) in [6, 6.07) is -0.194. The van der Waals surface area contributed by atoms with E-state index in [1.165, 1.54) is 0 Å². The molecule has 20 heavy (non-hydrogen) atoms. The molecule has 3 unspecified atom stereocenters. The second-order valence-electron chi connectivity index (χ2n) is 5.35. The Hall–Kier alpha value is -0.950. The fourth-order valence-electron chi connectivity index (χ4n) is 2.85. The number of nitrogens with zero attached hydrogens (tertiary/aromatic N) is 2. The van der Waals surface area contributed by atoms with Crippen LogP contribution in [0.3, 0.4) is 0 Å². The molecular weight excluding hydrogens is 280 g/mol. The molecule has 0 aliphatic carbocycles. The monoisotopic (exact) mass is 302 g/mol. The summed E-state index contributed by atoms with van der Waals surface area (Å²) < 4.78 is 5.50. The van der Waals surface area contributed by atoms with Gasteiger partial charge in [0.1, 0.15) is 0 Å². The Balaban J connectivity index is 2.03. The minimum atomic E-state index is -0.851. The number of urea groups is 1. The Kier molecular flexibility index (Phi) is 5.15. The molecule has 7 heteroatoms. The van der Waals surface area contributed by atoms with Gasteiger partial charge in [-0.1, -0.05) is 0 Å². The van der Waals surface area contributed by atoms with Gasteiger partial charge in [0, 0.05) is 31.7 Å². The molecule has 2 aliphatic heterocycles.